The topological polar surface area (TPSA) is 117 Å². The van der Waals surface area contributed by atoms with Crippen molar-refractivity contribution in [1.29, 1.82) is 0 Å². The molecule has 0 aliphatic rings. The van der Waals surface area contributed by atoms with E-state index in [-0.39, 0.29) is 22.3 Å². The Hall–Kier alpha value is -2.83. The van der Waals surface area contributed by atoms with Gasteiger partial charge in [0.1, 0.15) is 5.69 Å². The number of carboxylic acid groups (broad SMARTS) is 1. The maximum Gasteiger partial charge on any atom is 0.352 e. The second kappa shape index (κ2) is 4.45. The number of ether oxygens (including phenoxy) is 1. The summed E-state index contributed by atoms with van der Waals surface area (Å²) >= 11 is 0. The minimum absolute atomic E-state index is 0.0304. The summed E-state index contributed by atoms with van der Waals surface area (Å²) in [5.41, 5.74) is -1.66. The number of fused-ring (bicyclic) bond motifs is 1. The first-order chi connectivity index (χ1) is 8.95. The first kappa shape index (κ1) is 12.6. The van der Waals surface area contributed by atoms with Gasteiger partial charge >= 0.3 is 5.97 Å². The van der Waals surface area contributed by atoms with E-state index in [0.717, 1.165) is 12.1 Å². The van der Waals surface area contributed by atoms with Crippen LogP contribution in [0, 0.1) is 0 Å². The van der Waals surface area contributed by atoms with Gasteiger partial charge in [-0.05, 0) is 12.1 Å². The van der Waals surface area contributed by atoms with E-state index in [4.69, 9.17) is 9.84 Å². The van der Waals surface area contributed by atoms with Gasteiger partial charge < -0.3 is 19.9 Å². The molecule has 7 nitrogen and oxygen atoms in total. The maximum atomic E-state index is 11.8. The highest BCUT2D eigenvalue weighted by molar-refractivity contribution is 5.92. The van der Waals surface area contributed by atoms with Gasteiger partial charge in [-0.2, -0.15) is 0 Å². The first-order valence-electron chi connectivity index (χ1n) is 5.16. The molecule has 98 valence electrons. The van der Waals surface area contributed by atoms with Crippen LogP contribution in [0.2, 0.25) is 0 Å². The molecule has 19 heavy (non-hydrogen) atoms. The minimum atomic E-state index is -1.32. The van der Waals surface area contributed by atoms with Crippen LogP contribution in [0.25, 0.3) is 10.9 Å². The average Bonchev–Trinajstić information content (AvgIpc) is 2.47. The molecule has 0 unspecified atom stereocenters. The Balaban J connectivity index is 3.05. The summed E-state index contributed by atoms with van der Waals surface area (Å²) in [7, 11) is 1.18. The number of hydrogen-bond donors (Lipinski definition) is 3. The van der Waals surface area contributed by atoms with Crippen LogP contribution in [0.1, 0.15) is 10.5 Å². The number of aromatic nitrogens is 1. The number of carboxylic acids is 1. The van der Waals surface area contributed by atoms with Crippen molar-refractivity contribution in [2.45, 2.75) is 0 Å². The number of hydrogen-bond acceptors (Lipinski definition) is 5. The Kier molecular flexibility index (Phi) is 2.95. The fourth-order valence-corrected chi connectivity index (χ4v) is 1.73. The van der Waals surface area contributed by atoms with Crippen LogP contribution in [0.3, 0.4) is 0 Å². The molecule has 0 fully saturated rings. The van der Waals surface area contributed by atoms with Gasteiger partial charge in [-0.1, -0.05) is 0 Å². The fraction of sp³-hybridized carbons (Fsp3) is 0.0833. The number of aromatic carboxylic acids is 1. The van der Waals surface area contributed by atoms with Crippen LogP contribution in [0.15, 0.2) is 27.8 Å². The summed E-state index contributed by atoms with van der Waals surface area (Å²) in [6.45, 7) is 0. The predicted octanol–water partition coefficient (Wildman–Crippen LogP) is 0.301. The Morgan fingerprint density at radius 3 is 2.53 bits per heavy atom. The van der Waals surface area contributed by atoms with Gasteiger partial charge in [0.15, 0.2) is 11.2 Å². The Labute approximate surface area is 105 Å². The van der Waals surface area contributed by atoms with E-state index < -0.39 is 22.6 Å². The summed E-state index contributed by atoms with van der Waals surface area (Å²) in [6.07, 6.45) is 0. The van der Waals surface area contributed by atoms with Gasteiger partial charge in [0.05, 0.1) is 18.0 Å². The van der Waals surface area contributed by atoms with Crippen LogP contribution in [-0.4, -0.2) is 28.3 Å². The zero-order chi connectivity index (χ0) is 14.2. The van der Waals surface area contributed by atoms with Crippen LogP contribution < -0.4 is 15.6 Å². The highest BCUT2D eigenvalue weighted by Crippen LogP contribution is 2.26. The van der Waals surface area contributed by atoms with E-state index in [1.54, 1.807) is 0 Å². The van der Waals surface area contributed by atoms with E-state index in [2.05, 4.69) is 4.98 Å². The van der Waals surface area contributed by atoms with Crippen molar-refractivity contribution < 1.29 is 19.7 Å². The third-order valence-corrected chi connectivity index (χ3v) is 2.57. The molecule has 1 aromatic carbocycles. The number of rotatable bonds is 2. The van der Waals surface area contributed by atoms with Gasteiger partial charge in [0, 0.05) is 6.07 Å². The second-order valence-corrected chi connectivity index (χ2v) is 3.72. The average molecular weight is 263 g/mol. The quantitative estimate of drug-likeness (QED) is 0.717. The number of nitrogens with one attached hydrogen (secondary N) is 1. The van der Waals surface area contributed by atoms with Gasteiger partial charge in [0.2, 0.25) is 11.2 Å². The smallest absolute Gasteiger partial charge is 0.352 e. The third kappa shape index (κ3) is 2.01. The van der Waals surface area contributed by atoms with Crippen molar-refractivity contribution in [3.05, 3.63) is 44.3 Å². The zero-order valence-electron chi connectivity index (χ0n) is 9.76. The van der Waals surface area contributed by atoms with E-state index in [9.17, 15) is 19.5 Å². The summed E-state index contributed by atoms with van der Waals surface area (Å²) < 4.78 is 4.74. The Bertz CT molecular complexity index is 792. The van der Waals surface area contributed by atoms with E-state index in [0.29, 0.717) is 0 Å². The first-order valence-corrected chi connectivity index (χ1v) is 5.16. The van der Waals surface area contributed by atoms with Gasteiger partial charge in [-0.15, -0.1) is 0 Å². The largest absolute Gasteiger partial charge is 0.504 e. The van der Waals surface area contributed by atoms with E-state index >= 15 is 0 Å². The number of aromatic amines is 1. The van der Waals surface area contributed by atoms with Crippen molar-refractivity contribution in [3.63, 3.8) is 0 Å². The van der Waals surface area contributed by atoms with Crippen molar-refractivity contribution >= 4 is 16.9 Å². The standard InChI is InChI=1S/C12H9NO6/c1-19-11-7(14)3-2-5-9(10(11)16)8(15)4-6(13-5)12(17)18/h2-4,16H,1H3,(H,13,15)(H,17,18). The third-order valence-electron chi connectivity index (χ3n) is 2.57. The van der Waals surface area contributed by atoms with Crippen LogP contribution in [0.5, 0.6) is 11.5 Å². The molecular weight excluding hydrogens is 254 g/mol. The lowest BCUT2D eigenvalue weighted by molar-refractivity contribution is 0.0691. The molecule has 7 heteroatoms. The molecule has 0 radical (unpaired) electrons. The highest BCUT2D eigenvalue weighted by atomic mass is 16.5. The highest BCUT2D eigenvalue weighted by Gasteiger charge is 2.14. The summed E-state index contributed by atoms with van der Waals surface area (Å²) in [4.78, 5) is 36.7. The molecule has 3 N–H and O–H groups in total. The monoisotopic (exact) mass is 263 g/mol. The number of pyridine rings is 1. The van der Waals surface area contributed by atoms with Crippen molar-refractivity contribution in [1.82, 2.24) is 4.98 Å². The summed E-state index contributed by atoms with van der Waals surface area (Å²) in [5.74, 6) is -2.31. The Morgan fingerprint density at radius 1 is 1.26 bits per heavy atom. The molecule has 1 aromatic heterocycles. The molecule has 2 rings (SSSR count). The Morgan fingerprint density at radius 2 is 1.95 bits per heavy atom. The fourth-order valence-electron chi connectivity index (χ4n) is 1.73. The molecule has 0 bridgehead atoms. The lowest BCUT2D eigenvalue weighted by Gasteiger charge is -2.01. The number of methoxy groups -OCH3 is 1. The molecule has 0 aliphatic carbocycles. The normalized spacial score (nSPS) is 10.4. The molecule has 0 atom stereocenters. The summed E-state index contributed by atoms with van der Waals surface area (Å²) in [6, 6.07) is 3.12. The maximum absolute atomic E-state index is 11.8. The summed E-state index contributed by atoms with van der Waals surface area (Å²) in [5, 5.41) is 18.5. The van der Waals surface area contributed by atoms with Crippen LogP contribution in [0.4, 0.5) is 0 Å². The predicted molar refractivity (Wildman–Crippen MR) is 66.0 cm³/mol. The van der Waals surface area contributed by atoms with Crippen LogP contribution in [-0.2, 0) is 0 Å². The lowest BCUT2D eigenvalue weighted by atomic mass is 10.2. The molecule has 0 saturated carbocycles. The van der Waals surface area contributed by atoms with Gasteiger partial charge in [-0.25, -0.2) is 4.79 Å². The second-order valence-electron chi connectivity index (χ2n) is 3.72. The van der Waals surface area contributed by atoms with Gasteiger partial charge in [-0.3, -0.25) is 9.59 Å². The molecule has 0 saturated heterocycles. The molecule has 0 aliphatic heterocycles. The SMILES string of the molecule is COc1c(O)c2c(=O)cc(C(=O)O)[nH]c2ccc1=O. The van der Waals surface area contributed by atoms with E-state index in [1.807, 2.05) is 0 Å². The van der Waals surface area contributed by atoms with E-state index in [1.165, 1.54) is 13.2 Å². The molecule has 1 heterocycles. The number of carbonyl (C=O) groups is 1. The number of aromatic hydroxyl groups is 1. The molecule has 0 amide bonds. The molecular formula is C12H9NO6. The van der Waals surface area contributed by atoms with Crippen LogP contribution >= 0.6 is 0 Å². The molecule has 2 aromatic rings. The number of H-pyrrole nitrogens is 1. The van der Waals surface area contributed by atoms with Crippen molar-refractivity contribution in [3.8, 4) is 11.5 Å². The zero-order valence-corrected chi connectivity index (χ0v) is 9.76. The van der Waals surface area contributed by atoms with Crippen molar-refractivity contribution in [2.75, 3.05) is 7.11 Å². The van der Waals surface area contributed by atoms with Crippen molar-refractivity contribution in [2.24, 2.45) is 0 Å². The molecule has 0 spiro atoms. The lowest BCUT2D eigenvalue weighted by Crippen LogP contribution is -2.09. The van der Waals surface area contributed by atoms with Gasteiger partial charge in [0.25, 0.3) is 0 Å². The minimum Gasteiger partial charge on any atom is -0.504 e.